The molecule has 1 N–H and O–H groups in total. The summed E-state index contributed by atoms with van der Waals surface area (Å²) in [6.07, 6.45) is 1.14. The second kappa shape index (κ2) is 8.42. The van der Waals surface area contributed by atoms with Crippen LogP contribution in [0.5, 0.6) is 5.75 Å². The Balaban J connectivity index is 2.02. The minimum Gasteiger partial charge on any atom is -0.488 e. The molecule has 0 saturated carbocycles. The number of nitrogens with one attached hydrogen (secondary N) is 1. The van der Waals surface area contributed by atoms with Gasteiger partial charge in [-0.15, -0.1) is 0 Å². The van der Waals surface area contributed by atoms with Crippen molar-refractivity contribution in [3.05, 3.63) is 63.1 Å². The average molecular weight is 369 g/mol. The summed E-state index contributed by atoms with van der Waals surface area (Å²) in [4.78, 5) is 0. The molecule has 2 aromatic rings. The van der Waals surface area contributed by atoms with Gasteiger partial charge in [-0.2, -0.15) is 0 Å². The molecule has 4 heteroatoms. The van der Waals surface area contributed by atoms with E-state index in [2.05, 4.69) is 46.4 Å². The van der Waals surface area contributed by atoms with Gasteiger partial charge in [0.25, 0.3) is 0 Å². The molecule has 112 valence electrons. The zero-order chi connectivity index (χ0) is 15.1. The Bertz CT molecular complexity index is 589. The van der Waals surface area contributed by atoms with Crippen molar-refractivity contribution in [1.29, 1.82) is 0 Å². The Labute approximate surface area is 139 Å². The first kappa shape index (κ1) is 16.3. The number of rotatable bonds is 7. The molecule has 0 saturated heterocycles. The molecular weight excluding hydrogens is 350 g/mol. The van der Waals surface area contributed by atoms with Gasteiger partial charge in [0, 0.05) is 11.6 Å². The van der Waals surface area contributed by atoms with Crippen LogP contribution in [-0.2, 0) is 13.2 Å². The summed E-state index contributed by atoms with van der Waals surface area (Å²) < 4.78 is 6.76. The lowest BCUT2D eigenvalue weighted by atomic mass is 10.1. The SMILES string of the molecule is CCCNCc1ccccc1COc1ccc(Cl)cc1Br. The van der Waals surface area contributed by atoms with Gasteiger partial charge in [0.1, 0.15) is 12.4 Å². The Morgan fingerprint density at radius 2 is 1.90 bits per heavy atom. The van der Waals surface area contributed by atoms with E-state index in [0.717, 1.165) is 29.7 Å². The molecule has 0 aliphatic rings. The Morgan fingerprint density at radius 1 is 1.14 bits per heavy atom. The monoisotopic (exact) mass is 367 g/mol. The second-order valence-electron chi connectivity index (χ2n) is 4.81. The summed E-state index contributed by atoms with van der Waals surface area (Å²) in [5, 5.41) is 4.12. The van der Waals surface area contributed by atoms with Crippen LogP contribution in [0.2, 0.25) is 5.02 Å². The number of hydrogen-bond acceptors (Lipinski definition) is 2. The van der Waals surface area contributed by atoms with Crippen LogP contribution < -0.4 is 10.1 Å². The largest absolute Gasteiger partial charge is 0.488 e. The van der Waals surface area contributed by atoms with E-state index >= 15 is 0 Å². The highest BCUT2D eigenvalue weighted by Crippen LogP contribution is 2.28. The molecule has 2 aromatic carbocycles. The Hall–Kier alpha value is -1.03. The van der Waals surface area contributed by atoms with Gasteiger partial charge in [0.2, 0.25) is 0 Å². The molecule has 0 aliphatic carbocycles. The van der Waals surface area contributed by atoms with Crippen molar-refractivity contribution in [3.8, 4) is 5.75 Å². The van der Waals surface area contributed by atoms with E-state index in [1.54, 1.807) is 0 Å². The first-order valence-electron chi connectivity index (χ1n) is 7.06. The summed E-state index contributed by atoms with van der Waals surface area (Å²) in [6, 6.07) is 13.9. The summed E-state index contributed by atoms with van der Waals surface area (Å²) in [5.41, 5.74) is 2.47. The fourth-order valence-corrected chi connectivity index (χ4v) is 2.82. The molecule has 2 nitrogen and oxygen atoms in total. The third-order valence-corrected chi connectivity index (χ3v) is 3.99. The average Bonchev–Trinajstić information content (AvgIpc) is 2.48. The van der Waals surface area contributed by atoms with Crippen molar-refractivity contribution in [3.63, 3.8) is 0 Å². The number of ether oxygens (including phenoxy) is 1. The van der Waals surface area contributed by atoms with E-state index < -0.39 is 0 Å². The van der Waals surface area contributed by atoms with Gasteiger partial charge in [-0.1, -0.05) is 42.8 Å². The highest BCUT2D eigenvalue weighted by molar-refractivity contribution is 9.10. The zero-order valence-corrected chi connectivity index (χ0v) is 14.4. The molecule has 0 bridgehead atoms. The third kappa shape index (κ3) is 5.03. The molecule has 0 atom stereocenters. The van der Waals surface area contributed by atoms with Gasteiger partial charge < -0.3 is 10.1 Å². The summed E-state index contributed by atoms with van der Waals surface area (Å²) in [7, 11) is 0. The smallest absolute Gasteiger partial charge is 0.134 e. The van der Waals surface area contributed by atoms with Crippen LogP contribution in [0, 0.1) is 0 Å². The van der Waals surface area contributed by atoms with Gasteiger partial charge >= 0.3 is 0 Å². The molecule has 0 amide bonds. The van der Waals surface area contributed by atoms with Crippen molar-refractivity contribution in [2.45, 2.75) is 26.5 Å². The van der Waals surface area contributed by atoms with E-state index in [1.165, 1.54) is 11.1 Å². The predicted molar refractivity (Wildman–Crippen MR) is 91.9 cm³/mol. The lowest BCUT2D eigenvalue weighted by molar-refractivity contribution is 0.302. The number of hydrogen-bond donors (Lipinski definition) is 1. The first-order chi connectivity index (χ1) is 10.2. The van der Waals surface area contributed by atoms with Crippen LogP contribution in [0.3, 0.4) is 0 Å². The predicted octanol–water partition coefficient (Wildman–Crippen LogP) is 5.18. The van der Waals surface area contributed by atoms with E-state index in [-0.39, 0.29) is 0 Å². The molecule has 2 rings (SSSR count). The number of benzene rings is 2. The van der Waals surface area contributed by atoms with Crippen LogP contribution in [-0.4, -0.2) is 6.54 Å². The van der Waals surface area contributed by atoms with Crippen LogP contribution >= 0.6 is 27.5 Å². The number of halogens is 2. The molecule has 0 fully saturated rings. The van der Waals surface area contributed by atoms with Crippen LogP contribution in [0.4, 0.5) is 0 Å². The van der Waals surface area contributed by atoms with Gasteiger partial charge in [0.15, 0.2) is 0 Å². The molecule has 0 heterocycles. The van der Waals surface area contributed by atoms with Crippen molar-refractivity contribution in [2.24, 2.45) is 0 Å². The van der Waals surface area contributed by atoms with Gasteiger partial charge in [-0.25, -0.2) is 0 Å². The molecule has 0 spiro atoms. The van der Waals surface area contributed by atoms with Crippen molar-refractivity contribution >= 4 is 27.5 Å². The Kier molecular flexibility index (Phi) is 6.55. The van der Waals surface area contributed by atoms with E-state index in [9.17, 15) is 0 Å². The quantitative estimate of drug-likeness (QED) is 0.680. The lowest BCUT2D eigenvalue weighted by Gasteiger charge is -2.12. The van der Waals surface area contributed by atoms with Gasteiger partial charge in [-0.05, 0) is 58.2 Å². The minimum atomic E-state index is 0.546. The first-order valence-corrected chi connectivity index (χ1v) is 8.23. The summed E-state index contributed by atoms with van der Waals surface area (Å²) in [5.74, 6) is 0.802. The normalized spacial score (nSPS) is 10.6. The fraction of sp³-hybridized carbons (Fsp3) is 0.294. The van der Waals surface area contributed by atoms with Gasteiger partial charge in [-0.3, -0.25) is 0 Å². The minimum absolute atomic E-state index is 0.546. The molecule has 0 aliphatic heterocycles. The third-order valence-electron chi connectivity index (χ3n) is 3.14. The Morgan fingerprint density at radius 3 is 2.62 bits per heavy atom. The van der Waals surface area contributed by atoms with Crippen molar-refractivity contribution in [1.82, 2.24) is 5.32 Å². The van der Waals surface area contributed by atoms with Gasteiger partial charge in [0.05, 0.1) is 4.47 Å². The molecule has 0 aromatic heterocycles. The standard InChI is InChI=1S/C17H19BrClNO/c1-2-9-20-11-13-5-3-4-6-14(13)12-21-17-8-7-15(19)10-16(17)18/h3-8,10,20H,2,9,11-12H2,1H3. The van der Waals surface area contributed by atoms with E-state index in [4.69, 9.17) is 16.3 Å². The molecule has 21 heavy (non-hydrogen) atoms. The second-order valence-corrected chi connectivity index (χ2v) is 6.10. The van der Waals surface area contributed by atoms with Crippen LogP contribution in [0.15, 0.2) is 46.9 Å². The van der Waals surface area contributed by atoms with Crippen LogP contribution in [0.1, 0.15) is 24.5 Å². The zero-order valence-electron chi connectivity index (χ0n) is 12.0. The molecule has 0 unspecified atom stereocenters. The maximum Gasteiger partial charge on any atom is 0.134 e. The molecular formula is C17H19BrClNO. The van der Waals surface area contributed by atoms with E-state index in [0.29, 0.717) is 11.6 Å². The van der Waals surface area contributed by atoms with Crippen molar-refractivity contribution in [2.75, 3.05) is 6.54 Å². The highest BCUT2D eigenvalue weighted by Gasteiger charge is 2.05. The van der Waals surface area contributed by atoms with E-state index in [1.807, 2.05) is 24.3 Å². The summed E-state index contributed by atoms with van der Waals surface area (Å²) in [6.45, 7) is 4.61. The highest BCUT2D eigenvalue weighted by atomic mass is 79.9. The molecule has 0 radical (unpaired) electrons. The summed E-state index contributed by atoms with van der Waals surface area (Å²) >= 11 is 9.41. The van der Waals surface area contributed by atoms with Crippen molar-refractivity contribution < 1.29 is 4.74 Å². The lowest BCUT2D eigenvalue weighted by Crippen LogP contribution is -2.15. The maximum atomic E-state index is 5.94. The maximum absolute atomic E-state index is 5.94. The topological polar surface area (TPSA) is 21.3 Å². The fourth-order valence-electron chi connectivity index (χ4n) is 2.02. The van der Waals surface area contributed by atoms with Crippen LogP contribution in [0.25, 0.3) is 0 Å².